The summed E-state index contributed by atoms with van der Waals surface area (Å²) in [6, 6.07) is 4.85. The average molecular weight is 314 g/mol. The fraction of sp³-hybridized carbons (Fsp3) is 0.462. The van der Waals surface area contributed by atoms with Crippen molar-refractivity contribution in [1.82, 2.24) is 4.90 Å². The van der Waals surface area contributed by atoms with Gasteiger partial charge in [-0.15, -0.1) is 0 Å². The molecule has 3 nitrogen and oxygen atoms in total. The molecule has 98 valence electrons. The molecule has 2 rings (SSSR count). The van der Waals surface area contributed by atoms with E-state index in [-0.39, 0.29) is 11.9 Å². The van der Waals surface area contributed by atoms with E-state index in [1.54, 1.807) is 6.07 Å². The van der Waals surface area contributed by atoms with Crippen LogP contribution in [-0.2, 0) is 0 Å². The molecule has 18 heavy (non-hydrogen) atoms. The molecule has 5 heteroatoms. The molecule has 0 aromatic heterocycles. The molecule has 1 heterocycles. The Morgan fingerprint density at radius 3 is 2.89 bits per heavy atom. The molecule has 2 N–H and O–H groups in total. The van der Waals surface area contributed by atoms with Gasteiger partial charge in [-0.05, 0) is 23.6 Å². The fourth-order valence-electron chi connectivity index (χ4n) is 2.18. The number of nitrogens with zero attached hydrogens (tertiary/aromatic N) is 2. The fourth-order valence-corrected chi connectivity index (χ4v) is 2.80. The minimum absolute atomic E-state index is 0.0994. The summed E-state index contributed by atoms with van der Waals surface area (Å²) in [6.07, 6.45) is 0. The van der Waals surface area contributed by atoms with Crippen molar-refractivity contribution in [3.63, 3.8) is 0 Å². The molecule has 0 aliphatic carbocycles. The Labute approximate surface area is 115 Å². The number of nitrogens with two attached hydrogens (primary N) is 1. The molecular formula is C13H17BrFN3. The van der Waals surface area contributed by atoms with Crippen LogP contribution in [0.5, 0.6) is 0 Å². The van der Waals surface area contributed by atoms with E-state index >= 15 is 0 Å². The van der Waals surface area contributed by atoms with Crippen LogP contribution in [0, 0.1) is 11.7 Å². The summed E-state index contributed by atoms with van der Waals surface area (Å²) < 4.78 is 13.9. The maximum absolute atomic E-state index is 13.1. The van der Waals surface area contributed by atoms with Gasteiger partial charge in [0.05, 0.1) is 12.6 Å². The Morgan fingerprint density at radius 1 is 1.56 bits per heavy atom. The molecule has 0 fully saturated rings. The highest BCUT2D eigenvalue weighted by atomic mass is 79.9. The SMILES string of the molecule is CC(C)CN1C(N)=NCC1c1ccc(F)cc1Br. The smallest absolute Gasteiger partial charge is 0.191 e. The number of hydrogen-bond donors (Lipinski definition) is 1. The third-order valence-corrected chi connectivity index (χ3v) is 3.67. The van der Waals surface area contributed by atoms with Crippen LogP contribution in [0.25, 0.3) is 0 Å². The first-order valence-electron chi connectivity index (χ1n) is 6.00. The summed E-state index contributed by atoms with van der Waals surface area (Å²) >= 11 is 3.41. The van der Waals surface area contributed by atoms with Gasteiger partial charge in [0.15, 0.2) is 5.96 Å². The van der Waals surface area contributed by atoms with Gasteiger partial charge >= 0.3 is 0 Å². The van der Waals surface area contributed by atoms with Crippen molar-refractivity contribution >= 4 is 21.9 Å². The summed E-state index contributed by atoms with van der Waals surface area (Å²) in [7, 11) is 0. The largest absolute Gasteiger partial charge is 0.370 e. The zero-order valence-electron chi connectivity index (χ0n) is 10.5. The van der Waals surface area contributed by atoms with E-state index in [2.05, 4.69) is 39.7 Å². The van der Waals surface area contributed by atoms with Gasteiger partial charge in [0.1, 0.15) is 5.82 Å². The molecule has 0 radical (unpaired) electrons. The first-order valence-corrected chi connectivity index (χ1v) is 6.80. The summed E-state index contributed by atoms with van der Waals surface area (Å²) in [5, 5.41) is 0. The topological polar surface area (TPSA) is 41.6 Å². The first kappa shape index (κ1) is 13.3. The molecule has 1 aromatic carbocycles. The van der Waals surface area contributed by atoms with Crippen LogP contribution < -0.4 is 5.73 Å². The van der Waals surface area contributed by atoms with Gasteiger partial charge < -0.3 is 10.6 Å². The van der Waals surface area contributed by atoms with Crippen LogP contribution in [0.1, 0.15) is 25.5 Å². The van der Waals surface area contributed by atoms with Crippen molar-refractivity contribution in [2.45, 2.75) is 19.9 Å². The van der Waals surface area contributed by atoms with E-state index in [0.29, 0.717) is 18.4 Å². The predicted molar refractivity (Wildman–Crippen MR) is 74.9 cm³/mol. The van der Waals surface area contributed by atoms with Crippen LogP contribution in [0.15, 0.2) is 27.7 Å². The summed E-state index contributed by atoms with van der Waals surface area (Å²) in [4.78, 5) is 6.38. The molecule has 0 saturated heterocycles. The molecule has 0 amide bonds. The lowest BCUT2D eigenvalue weighted by atomic mass is 10.0. The molecule has 1 atom stereocenters. The van der Waals surface area contributed by atoms with Crippen LogP contribution >= 0.6 is 15.9 Å². The maximum atomic E-state index is 13.1. The third-order valence-electron chi connectivity index (χ3n) is 2.98. The normalized spacial score (nSPS) is 19.5. The van der Waals surface area contributed by atoms with E-state index in [1.807, 2.05) is 0 Å². The molecule has 0 spiro atoms. The van der Waals surface area contributed by atoms with Crippen LogP contribution in [0.3, 0.4) is 0 Å². The summed E-state index contributed by atoms with van der Waals surface area (Å²) in [5.41, 5.74) is 6.95. The van der Waals surface area contributed by atoms with Gasteiger partial charge in [-0.3, -0.25) is 4.99 Å². The lowest BCUT2D eigenvalue weighted by Gasteiger charge is -2.28. The number of rotatable bonds is 3. The van der Waals surface area contributed by atoms with Gasteiger partial charge in [0.2, 0.25) is 0 Å². The van der Waals surface area contributed by atoms with Crippen LogP contribution in [0.4, 0.5) is 4.39 Å². The Kier molecular flexibility index (Phi) is 3.90. The van der Waals surface area contributed by atoms with Crippen molar-refractivity contribution in [3.05, 3.63) is 34.1 Å². The van der Waals surface area contributed by atoms with Gasteiger partial charge in [-0.2, -0.15) is 0 Å². The number of benzene rings is 1. The molecule has 1 aromatic rings. The molecular weight excluding hydrogens is 297 g/mol. The maximum Gasteiger partial charge on any atom is 0.191 e. The van der Waals surface area contributed by atoms with Crippen molar-refractivity contribution in [2.24, 2.45) is 16.6 Å². The highest BCUT2D eigenvalue weighted by Gasteiger charge is 2.29. The van der Waals surface area contributed by atoms with E-state index in [4.69, 9.17) is 5.73 Å². The lowest BCUT2D eigenvalue weighted by Crippen LogP contribution is -2.38. The Bertz CT molecular complexity index is 473. The molecule has 1 unspecified atom stereocenters. The Hall–Kier alpha value is -1.10. The van der Waals surface area contributed by atoms with E-state index < -0.39 is 0 Å². The Morgan fingerprint density at radius 2 is 2.28 bits per heavy atom. The number of aliphatic imine (C=N–C) groups is 1. The summed E-state index contributed by atoms with van der Waals surface area (Å²) in [6.45, 7) is 5.76. The van der Waals surface area contributed by atoms with Crippen molar-refractivity contribution in [1.29, 1.82) is 0 Å². The second-order valence-corrected chi connectivity index (χ2v) is 5.78. The lowest BCUT2D eigenvalue weighted by molar-refractivity contribution is 0.308. The van der Waals surface area contributed by atoms with Crippen molar-refractivity contribution < 1.29 is 4.39 Å². The van der Waals surface area contributed by atoms with E-state index in [9.17, 15) is 4.39 Å². The van der Waals surface area contributed by atoms with E-state index in [0.717, 1.165) is 16.6 Å². The first-order chi connectivity index (χ1) is 8.49. The number of hydrogen-bond acceptors (Lipinski definition) is 3. The number of halogens is 2. The van der Waals surface area contributed by atoms with Crippen LogP contribution in [0.2, 0.25) is 0 Å². The minimum Gasteiger partial charge on any atom is -0.370 e. The predicted octanol–water partition coefficient (Wildman–Crippen LogP) is 2.92. The van der Waals surface area contributed by atoms with Gasteiger partial charge in [0.25, 0.3) is 0 Å². The molecule has 1 aliphatic rings. The highest BCUT2D eigenvalue weighted by Crippen LogP contribution is 2.32. The zero-order valence-corrected chi connectivity index (χ0v) is 12.1. The average Bonchev–Trinajstić information content (AvgIpc) is 2.60. The van der Waals surface area contributed by atoms with Crippen molar-refractivity contribution in [3.8, 4) is 0 Å². The van der Waals surface area contributed by atoms with Crippen LogP contribution in [-0.4, -0.2) is 23.9 Å². The standard InChI is InChI=1S/C13H17BrFN3/c1-8(2)7-18-12(6-17-13(18)16)10-4-3-9(15)5-11(10)14/h3-5,8,12H,6-7H2,1-2H3,(H2,16,17). The number of guanidine groups is 1. The van der Waals surface area contributed by atoms with Gasteiger partial charge in [-0.25, -0.2) is 4.39 Å². The molecule has 0 saturated carbocycles. The zero-order chi connectivity index (χ0) is 13.3. The second kappa shape index (κ2) is 5.26. The minimum atomic E-state index is -0.243. The summed E-state index contributed by atoms with van der Waals surface area (Å²) in [5.74, 6) is 0.830. The second-order valence-electron chi connectivity index (χ2n) is 4.93. The molecule has 1 aliphatic heterocycles. The Balaban J connectivity index is 2.27. The monoisotopic (exact) mass is 313 g/mol. The third kappa shape index (κ3) is 2.66. The van der Waals surface area contributed by atoms with Crippen molar-refractivity contribution in [2.75, 3.05) is 13.1 Å². The van der Waals surface area contributed by atoms with Gasteiger partial charge in [0, 0.05) is 11.0 Å². The molecule has 0 bridgehead atoms. The highest BCUT2D eigenvalue weighted by molar-refractivity contribution is 9.10. The quantitative estimate of drug-likeness (QED) is 0.932. The van der Waals surface area contributed by atoms with E-state index in [1.165, 1.54) is 12.1 Å². The van der Waals surface area contributed by atoms with Gasteiger partial charge in [-0.1, -0.05) is 35.8 Å².